The number of aliphatic hydroxyl groups is 1. The SMILES string of the molecule is O=C(N[C@H]1CCCC[C@@H]1O)c1ccc([N+](=O)[O-])c(Cl)c1. The van der Waals surface area contributed by atoms with Gasteiger partial charge in [0.05, 0.1) is 17.1 Å². The molecule has 1 aliphatic rings. The van der Waals surface area contributed by atoms with E-state index in [1.54, 1.807) is 0 Å². The Bertz CT molecular complexity index is 535. The Hall–Kier alpha value is -1.66. The predicted octanol–water partition coefficient (Wildman–Crippen LogP) is 2.28. The molecule has 0 radical (unpaired) electrons. The van der Waals surface area contributed by atoms with Crippen molar-refractivity contribution >= 4 is 23.2 Å². The van der Waals surface area contributed by atoms with Crippen LogP contribution in [0.2, 0.25) is 5.02 Å². The van der Waals surface area contributed by atoms with E-state index in [4.69, 9.17) is 11.6 Å². The van der Waals surface area contributed by atoms with Crippen molar-refractivity contribution in [2.75, 3.05) is 0 Å². The van der Waals surface area contributed by atoms with Crippen LogP contribution in [0, 0.1) is 10.1 Å². The molecular weight excluding hydrogens is 284 g/mol. The number of carbonyl (C=O) groups excluding carboxylic acids is 1. The number of nitro groups is 1. The summed E-state index contributed by atoms with van der Waals surface area (Å²) < 4.78 is 0. The molecule has 2 N–H and O–H groups in total. The molecule has 0 heterocycles. The minimum absolute atomic E-state index is 0.0770. The summed E-state index contributed by atoms with van der Waals surface area (Å²) in [5.74, 6) is -0.382. The average molecular weight is 299 g/mol. The van der Waals surface area contributed by atoms with Crippen LogP contribution in [-0.2, 0) is 0 Å². The molecule has 1 saturated carbocycles. The number of rotatable bonds is 3. The maximum atomic E-state index is 12.0. The van der Waals surface area contributed by atoms with Gasteiger partial charge in [-0.1, -0.05) is 24.4 Å². The first kappa shape index (κ1) is 14.7. The van der Waals surface area contributed by atoms with Crippen LogP contribution in [0.5, 0.6) is 0 Å². The highest BCUT2D eigenvalue weighted by Crippen LogP contribution is 2.25. The van der Waals surface area contributed by atoms with E-state index in [0.717, 1.165) is 19.3 Å². The number of aliphatic hydroxyl groups excluding tert-OH is 1. The largest absolute Gasteiger partial charge is 0.391 e. The number of nitrogens with one attached hydrogen (secondary N) is 1. The monoisotopic (exact) mass is 298 g/mol. The van der Waals surface area contributed by atoms with Gasteiger partial charge in [-0.2, -0.15) is 0 Å². The summed E-state index contributed by atoms with van der Waals surface area (Å²) in [5, 5.41) is 23.1. The highest BCUT2D eigenvalue weighted by molar-refractivity contribution is 6.33. The van der Waals surface area contributed by atoms with Gasteiger partial charge >= 0.3 is 0 Å². The second-order valence-corrected chi connectivity index (χ2v) is 5.26. The summed E-state index contributed by atoms with van der Waals surface area (Å²) in [5.41, 5.74) is 0.0132. The van der Waals surface area contributed by atoms with E-state index in [2.05, 4.69) is 5.32 Å². The molecule has 0 spiro atoms. The highest BCUT2D eigenvalue weighted by Gasteiger charge is 2.25. The second kappa shape index (κ2) is 6.19. The molecule has 2 atom stereocenters. The number of nitro benzene ring substituents is 1. The van der Waals surface area contributed by atoms with Gasteiger partial charge in [-0.05, 0) is 25.0 Å². The molecule has 2 rings (SSSR count). The maximum Gasteiger partial charge on any atom is 0.287 e. The van der Waals surface area contributed by atoms with Gasteiger partial charge in [0.15, 0.2) is 0 Å². The molecule has 7 heteroatoms. The van der Waals surface area contributed by atoms with Crippen molar-refractivity contribution in [1.82, 2.24) is 5.32 Å². The van der Waals surface area contributed by atoms with Crippen LogP contribution in [0.4, 0.5) is 5.69 Å². The maximum absolute atomic E-state index is 12.0. The van der Waals surface area contributed by atoms with Crippen LogP contribution in [0.3, 0.4) is 0 Å². The summed E-state index contributed by atoms with van der Waals surface area (Å²) in [6.07, 6.45) is 2.78. The van der Waals surface area contributed by atoms with Crippen molar-refractivity contribution in [3.05, 3.63) is 38.9 Å². The molecular formula is C13H15ClN2O4. The first-order valence-electron chi connectivity index (χ1n) is 6.42. The van der Waals surface area contributed by atoms with E-state index >= 15 is 0 Å². The molecule has 0 aliphatic heterocycles. The third kappa shape index (κ3) is 3.26. The zero-order valence-electron chi connectivity index (χ0n) is 10.7. The number of hydrogen-bond donors (Lipinski definition) is 2. The Labute approximate surface area is 120 Å². The van der Waals surface area contributed by atoms with Gasteiger partial charge in [-0.15, -0.1) is 0 Å². The second-order valence-electron chi connectivity index (χ2n) is 4.86. The number of halogens is 1. The van der Waals surface area contributed by atoms with Crippen LogP contribution in [-0.4, -0.2) is 28.1 Å². The summed E-state index contributed by atoms with van der Waals surface area (Å²) in [4.78, 5) is 22.1. The normalized spacial score (nSPS) is 22.3. The molecule has 0 unspecified atom stereocenters. The van der Waals surface area contributed by atoms with Gasteiger partial charge in [0.2, 0.25) is 0 Å². The van der Waals surface area contributed by atoms with Crippen LogP contribution >= 0.6 is 11.6 Å². The Balaban J connectivity index is 2.09. The van der Waals surface area contributed by atoms with E-state index in [-0.39, 0.29) is 28.2 Å². The summed E-state index contributed by atoms with van der Waals surface area (Å²) in [7, 11) is 0. The van der Waals surface area contributed by atoms with Crippen LogP contribution < -0.4 is 5.32 Å². The minimum atomic E-state index is -0.602. The van der Waals surface area contributed by atoms with Gasteiger partial charge in [0, 0.05) is 11.6 Å². The average Bonchev–Trinajstić information content (AvgIpc) is 2.40. The summed E-state index contributed by atoms with van der Waals surface area (Å²) in [6.45, 7) is 0. The number of nitrogens with zero attached hydrogens (tertiary/aromatic N) is 1. The zero-order valence-corrected chi connectivity index (χ0v) is 11.5. The molecule has 20 heavy (non-hydrogen) atoms. The van der Waals surface area contributed by atoms with Crippen LogP contribution in [0.25, 0.3) is 0 Å². The first-order valence-corrected chi connectivity index (χ1v) is 6.79. The van der Waals surface area contributed by atoms with E-state index in [1.807, 2.05) is 0 Å². The van der Waals surface area contributed by atoms with Crippen molar-refractivity contribution in [3.63, 3.8) is 0 Å². The molecule has 1 aromatic rings. The molecule has 1 aromatic carbocycles. The lowest BCUT2D eigenvalue weighted by Crippen LogP contribution is -2.45. The van der Waals surface area contributed by atoms with E-state index in [1.165, 1.54) is 18.2 Å². The minimum Gasteiger partial charge on any atom is -0.391 e. The first-order chi connectivity index (χ1) is 9.49. The zero-order chi connectivity index (χ0) is 14.7. The Kier molecular flexibility index (Phi) is 4.57. The molecule has 6 nitrogen and oxygen atoms in total. The van der Waals surface area contributed by atoms with Gasteiger partial charge in [0.25, 0.3) is 11.6 Å². The lowest BCUT2D eigenvalue weighted by molar-refractivity contribution is -0.384. The topological polar surface area (TPSA) is 92.5 Å². The number of amides is 1. The predicted molar refractivity (Wildman–Crippen MR) is 73.8 cm³/mol. The van der Waals surface area contributed by atoms with Crippen LogP contribution in [0.1, 0.15) is 36.0 Å². The number of benzene rings is 1. The third-order valence-electron chi connectivity index (χ3n) is 3.45. The lowest BCUT2D eigenvalue weighted by atomic mass is 9.92. The fraction of sp³-hybridized carbons (Fsp3) is 0.462. The van der Waals surface area contributed by atoms with Crippen molar-refractivity contribution in [2.45, 2.75) is 37.8 Å². The van der Waals surface area contributed by atoms with Gasteiger partial charge in [0.1, 0.15) is 5.02 Å². The molecule has 0 aromatic heterocycles. The van der Waals surface area contributed by atoms with Crippen molar-refractivity contribution in [3.8, 4) is 0 Å². The molecule has 0 saturated heterocycles. The standard InChI is InChI=1S/C13H15ClN2O4/c14-9-7-8(5-6-11(9)16(19)20)13(18)15-10-3-1-2-4-12(10)17/h5-7,10,12,17H,1-4H2,(H,15,18)/t10-,12-/m0/s1. The third-order valence-corrected chi connectivity index (χ3v) is 3.76. The number of hydrogen-bond acceptors (Lipinski definition) is 4. The van der Waals surface area contributed by atoms with Crippen LogP contribution in [0.15, 0.2) is 18.2 Å². The molecule has 1 fully saturated rings. The molecule has 1 amide bonds. The van der Waals surface area contributed by atoms with E-state index in [9.17, 15) is 20.0 Å². The van der Waals surface area contributed by atoms with Crippen molar-refractivity contribution in [1.29, 1.82) is 0 Å². The molecule has 0 bridgehead atoms. The Morgan fingerprint density at radius 3 is 2.70 bits per heavy atom. The van der Waals surface area contributed by atoms with Gasteiger partial charge in [-0.3, -0.25) is 14.9 Å². The lowest BCUT2D eigenvalue weighted by Gasteiger charge is -2.28. The fourth-order valence-corrected chi connectivity index (χ4v) is 2.58. The van der Waals surface area contributed by atoms with E-state index in [0.29, 0.717) is 6.42 Å². The quantitative estimate of drug-likeness (QED) is 0.661. The smallest absolute Gasteiger partial charge is 0.287 e. The number of carbonyl (C=O) groups is 1. The summed E-state index contributed by atoms with van der Waals surface area (Å²) in [6, 6.07) is 3.55. The molecule has 108 valence electrons. The highest BCUT2D eigenvalue weighted by atomic mass is 35.5. The summed E-state index contributed by atoms with van der Waals surface area (Å²) >= 11 is 5.77. The van der Waals surface area contributed by atoms with Gasteiger partial charge < -0.3 is 10.4 Å². The Morgan fingerprint density at radius 1 is 1.40 bits per heavy atom. The van der Waals surface area contributed by atoms with E-state index < -0.39 is 11.0 Å². The van der Waals surface area contributed by atoms with Crippen molar-refractivity contribution in [2.24, 2.45) is 0 Å². The fourth-order valence-electron chi connectivity index (χ4n) is 2.33. The molecule has 1 aliphatic carbocycles. The Morgan fingerprint density at radius 2 is 2.10 bits per heavy atom. The van der Waals surface area contributed by atoms with Crippen molar-refractivity contribution < 1.29 is 14.8 Å². The van der Waals surface area contributed by atoms with Gasteiger partial charge in [-0.25, -0.2) is 0 Å².